The van der Waals surface area contributed by atoms with Gasteiger partial charge in [-0.2, -0.15) is 0 Å². The number of ketones is 2. The van der Waals surface area contributed by atoms with Gasteiger partial charge in [-0.3, -0.25) is 24.5 Å². The molecule has 3 rings (SSSR count). The molecule has 0 bridgehead atoms. The normalized spacial score (nSPS) is 11.9. The summed E-state index contributed by atoms with van der Waals surface area (Å²) in [6.07, 6.45) is 0. The van der Waals surface area contributed by atoms with Gasteiger partial charge in [-0.1, -0.05) is 23.2 Å². The molecule has 1 aromatic carbocycles. The molecule has 0 radical (unpaired) electrons. The van der Waals surface area contributed by atoms with Crippen LogP contribution in [0.5, 0.6) is 0 Å². The van der Waals surface area contributed by atoms with Crippen molar-refractivity contribution < 1.29 is 9.59 Å². The Hall–Kier alpha value is -2.52. The highest BCUT2D eigenvalue weighted by atomic mass is 35.5. The zero-order chi connectivity index (χ0) is 23.6. The van der Waals surface area contributed by atoms with Crippen molar-refractivity contribution >= 4 is 51.8 Å². The average molecular weight is 493 g/mol. The van der Waals surface area contributed by atoms with E-state index in [0.717, 1.165) is 11.3 Å². The quantitative estimate of drug-likeness (QED) is 0.375. The molecule has 10 heteroatoms. The molecular weight excluding hydrogens is 471 g/mol. The number of aromatic amines is 1. The van der Waals surface area contributed by atoms with Crippen molar-refractivity contribution in [2.75, 3.05) is 27.2 Å². The largest absolute Gasteiger partial charge is 0.302 e. The number of thiophene rings is 1. The molecule has 0 aliphatic heterocycles. The number of hydrogen-bond acceptors (Lipinski definition) is 6. The molecule has 7 nitrogen and oxygen atoms in total. The molecule has 3 aromatic rings. The van der Waals surface area contributed by atoms with E-state index in [-0.39, 0.29) is 30.2 Å². The van der Waals surface area contributed by atoms with E-state index in [0.29, 0.717) is 42.5 Å². The van der Waals surface area contributed by atoms with Crippen molar-refractivity contribution in [2.45, 2.75) is 13.8 Å². The first-order chi connectivity index (χ1) is 15.1. The van der Waals surface area contributed by atoms with Crippen LogP contribution >= 0.6 is 34.5 Å². The molecule has 32 heavy (non-hydrogen) atoms. The molecule has 168 valence electrons. The molecule has 2 heterocycles. The zero-order valence-corrected chi connectivity index (χ0v) is 20.4. The number of Topliss-reactive ketones (excluding diaryl/α,β-unsaturated/α-hetero) is 2. The lowest BCUT2D eigenvalue weighted by Gasteiger charge is -2.06. The lowest BCUT2D eigenvalue weighted by Crippen LogP contribution is -2.20. The standard InChI is InChI=1S/C22H22Cl2N4O3S/c1-12(25-10-17(29)19-7-8-20(32-19)18(30)11-27(3)4)21-13(2)26-28(22(21)31)14-5-6-15(23)16(24)9-14/h5-9,26H,10-11H2,1-4H3. The van der Waals surface area contributed by atoms with Gasteiger partial charge in [0.2, 0.25) is 0 Å². The summed E-state index contributed by atoms with van der Waals surface area (Å²) in [5, 5.41) is 3.73. The molecule has 0 atom stereocenters. The SMILES string of the molecule is CC(=NCC(=O)c1ccc(C(=O)CN(C)C)s1)c1c(C)[nH]n(-c2ccc(Cl)c(Cl)c2)c1=O. The van der Waals surface area contributed by atoms with Crippen LogP contribution < -0.4 is 5.56 Å². The Bertz CT molecular complexity index is 1270. The van der Waals surface area contributed by atoms with Gasteiger partial charge >= 0.3 is 0 Å². The van der Waals surface area contributed by atoms with Crippen LogP contribution in [-0.4, -0.2) is 59.1 Å². The molecule has 0 fully saturated rings. The highest BCUT2D eigenvalue weighted by molar-refractivity contribution is 7.16. The van der Waals surface area contributed by atoms with E-state index in [1.54, 1.807) is 49.1 Å². The molecule has 0 saturated heterocycles. The van der Waals surface area contributed by atoms with Crippen LogP contribution in [0.25, 0.3) is 5.69 Å². The van der Waals surface area contributed by atoms with Crippen LogP contribution in [0.4, 0.5) is 0 Å². The minimum absolute atomic E-state index is 0.0375. The topological polar surface area (TPSA) is 87.5 Å². The maximum atomic E-state index is 13.0. The van der Waals surface area contributed by atoms with Crippen molar-refractivity contribution in [1.29, 1.82) is 0 Å². The summed E-state index contributed by atoms with van der Waals surface area (Å²) in [5.41, 5.74) is 1.68. The van der Waals surface area contributed by atoms with Crippen molar-refractivity contribution in [3.8, 4) is 5.69 Å². The average Bonchev–Trinajstić information content (AvgIpc) is 3.33. The van der Waals surface area contributed by atoms with Crippen LogP contribution in [0.1, 0.15) is 37.5 Å². The van der Waals surface area contributed by atoms with Crippen LogP contribution in [0.2, 0.25) is 10.0 Å². The van der Waals surface area contributed by atoms with E-state index < -0.39 is 0 Å². The Kier molecular flexibility index (Phi) is 7.51. The number of carbonyl (C=O) groups excluding carboxylic acids is 2. The second-order valence-electron chi connectivity index (χ2n) is 7.50. The van der Waals surface area contributed by atoms with Gasteiger partial charge in [-0.25, -0.2) is 4.68 Å². The molecule has 0 saturated carbocycles. The number of nitrogens with one attached hydrogen (secondary N) is 1. The van der Waals surface area contributed by atoms with Crippen LogP contribution in [0.15, 0.2) is 40.1 Å². The van der Waals surface area contributed by atoms with Gasteiger partial charge in [-0.15, -0.1) is 11.3 Å². The van der Waals surface area contributed by atoms with E-state index in [9.17, 15) is 14.4 Å². The summed E-state index contributed by atoms with van der Waals surface area (Å²) in [7, 11) is 3.63. The molecule has 0 amide bonds. The maximum Gasteiger partial charge on any atom is 0.280 e. The molecular formula is C22H22Cl2N4O3S. The van der Waals surface area contributed by atoms with Gasteiger partial charge in [0.1, 0.15) is 6.54 Å². The van der Waals surface area contributed by atoms with Crippen molar-refractivity contribution in [1.82, 2.24) is 14.7 Å². The molecule has 0 spiro atoms. The fourth-order valence-corrected chi connectivity index (χ4v) is 4.29. The predicted molar refractivity (Wildman–Crippen MR) is 130 cm³/mol. The summed E-state index contributed by atoms with van der Waals surface area (Å²) in [6.45, 7) is 3.60. The Balaban J connectivity index is 1.79. The van der Waals surface area contributed by atoms with Gasteiger partial charge < -0.3 is 4.90 Å². The Labute approximate surface area is 199 Å². The van der Waals surface area contributed by atoms with Gasteiger partial charge in [0, 0.05) is 11.4 Å². The number of H-pyrrole nitrogens is 1. The van der Waals surface area contributed by atoms with Crippen molar-refractivity contribution in [3.05, 3.63) is 71.7 Å². The van der Waals surface area contributed by atoms with Gasteiger partial charge in [0.15, 0.2) is 11.6 Å². The third-order valence-electron chi connectivity index (χ3n) is 4.67. The van der Waals surface area contributed by atoms with Crippen molar-refractivity contribution in [2.24, 2.45) is 4.99 Å². The number of benzene rings is 1. The molecule has 1 N–H and O–H groups in total. The minimum atomic E-state index is -0.303. The number of rotatable bonds is 8. The van der Waals surface area contributed by atoms with Gasteiger partial charge in [0.25, 0.3) is 5.56 Å². The van der Waals surface area contributed by atoms with E-state index >= 15 is 0 Å². The Morgan fingerprint density at radius 2 is 1.75 bits per heavy atom. The fourth-order valence-electron chi connectivity index (χ4n) is 3.13. The van der Waals surface area contributed by atoms with E-state index in [1.165, 1.54) is 4.68 Å². The number of aryl methyl sites for hydroxylation is 1. The zero-order valence-electron chi connectivity index (χ0n) is 18.0. The molecule has 2 aromatic heterocycles. The van der Waals surface area contributed by atoms with Crippen molar-refractivity contribution in [3.63, 3.8) is 0 Å². The first-order valence-electron chi connectivity index (χ1n) is 9.68. The summed E-state index contributed by atoms with van der Waals surface area (Å²) in [5.74, 6) is -0.249. The number of halogens is 2. The number of carbonyl (C=O) groups is 2. The number of aromatic nitrogens is 2. The van der Waals surface area contributed by atoms with Gasteiger partial charge in [0.05, 0.1) is 37.6 Å². The summed E-state index contributed by atoms with van der Waals surface area (Å²) < 4.78 is 1.36. The minimum Gasteiger partial charge on any atom is -0.302 e. The Morgan fingerprint density at radius 3 is 2.38 bits per heavy atom. The lowest BCUT2D eigenvalue weighted by atomic mass is 10.2. The summed E-state index contributed by atoms with van der Waals surface area (Å²) >= 11 is 13.2. The second kappa shape index (κ2) is 9.95. The summed E-state index contributed by atoms with van der Waals surface area (Å²) in [6, 6.07) is 8.18. The van der Waals surface area contributed by atoms with E-state index in [1.807, 2.05) is 14.1 Å². The Morgan fingerprint density at radius 1 is 1.09 bits per heavy atom. The van der Waals surface area contributed by atoms with Crippen LogP contribution in [0.3, 0.4) is 0 Å². The smallest absolute Gasteiger partial charge is 0.280 e. The number of hydrogen-bond donors (Lipinski definition) is 1. The molecule has 0 aliphatic rings. The van der Waals surface area contributed by atoms with E-state index in [2.05, 4.69) is 10.1 Å². The summed E-state index contributed by atoms with van der Waals surface area (Å²) in [4.78, 5) is 44.8. The van der Waals surface area contributed by atoms with Crippen LogP contribution in [0, 0.1) is 6.92 Å². The second-order valence-corrected chi connectivity index (χ2v) is 9.40. The predicted octanol–water partition coefficient (Wildman–Crippen LogP) is 4.28. The molecule has 0 unspecified atom stereocenters. The first-order valence-corrected chi connectivity index (χ1v) is 11.2. The number of nitrogens with zero attached hydrogens (tertiary/aromatic N) is 3. The fraction of sp³-hybridized carbons (Fsp3) is 0.273. The molecule has 0 aliphatic carbocycles. The highest BCUT2D eigenvalue weighted by Gasteiger charge is 2.17. The van der Waals surface area contributed by atoms with Crippen LogP contribution in [-0.2, 0) is 0 Å². The first kappa shape index (κ1) is 24.1. The number of likely N-dealkylation sites (N-methyl/N-ethyl adjacent to an activating group) is 1. The third kappa shape index (κ3) is 5.27. The lowest BCUT2D eigenvalue weighted by molar-refractivity contribution is 0.0961. The highest BCUT2D eigenvalue weighted by Crippen LogP contribution is 2.24. The third-order valence-corrected chi connectivity index (χ3v) is 6.58. The number of aliphatic imine (C=N–C) groups is 1. The van der Waals surface area contributed by atoms with Gasteiger partial charge in [-0.05, 0) is 58.3 Å². The monoisotopic (exact) mass is 492 g/mol. The van der Waals surface area contributed by atoms with E-state index in [4.69, 9.17) is 23.2 Å². The maximum absolute atomic E-state index is 13.0.